The smallest absolute Gasteiger partial charge is 0.146 e. The molecule has 2 rings (SSSR count). The maximum atomic E-state index is 13.9. The Morgan fingerprint density at radius 1 is 1.00 bits per heavy atom. The number of rotatable bonds is 7. The van der Waals surface area contributed by atoms with Gasteiger partial charge in [0, 0.05) is 18.2 Å². The maximum Gasteiger partial charge on any atom is 0.146 e. The Morgan fingerprint density at radius 2 is 1.75 bits per heavy atom. The number of aryl methyl sites for hydroxylation is 1. The first-order valence-electron chi connectivity index (χ1n) is 8.74. The Balaban J connectivity index is 2.01. The summed E-state index contributed by atoms with van der Waals surface area (Å²) in [5.74, 6) is 5.56. The lowest BCUT2D eigenvalue weighted by Crippen LogP contribution is -1.95. The van der Waals surface area contributed by atoms with Gasteiger partial charge < -0.3 is 5.73 Å². The molecule has 1 nitrogen and oxygen atoms in total. The first-order chi connectivity index (χ1) is 11.7. The van der Waals surface area contributed by atoms with Gasteiger partial charge in [-0.3, -0.25) is 0 Å². The van der Waals surface area contributed by atoms with E-state index in [2.05, 4.69) is 24.8 Å². The number of unbranched alkanes of at least 4 members (excludes halogenated alkanes) is 4. The summed E-state index contributed by atoms with van der Waals surface area (Å²) in [4.78, 5) is 0. The third-order valence-corrected chi connectivity index (χ3v) is 4.05. The van der Waals surface area contributed by atoms with E-state index in [0.717, 1.165) is 29.5 Å². The molecule has 0 aliphatic heterocycles. The highest BCUT2D eigenvalue weighted by molar-refractivity contribution is 5.45. The molecule has 2 aromatic rings. The van der Waals surface area contributed by atoms with Crippen LogP contribution in [0.3, 0.4) is 0 Å². The van der Waals surface area contributed by atoms with Crippen molar-refractivity contribution >= 4 is 0 Å². The standard InChI is InChI=1S/C22H25FN/c1-2-3-4-5-6-7-19-13-15-22(23)21(16-19)14-12-18-8-10-20(17-24)11-9-18/h8-11,13,16H,2-7,17,24H2,1H3. The largest absolute Gasteiger partial charge is 0.326 e. The van der Waals surface area contributed by atoms with Gasteiger partial charge in [0.2, 0.25) is 0 Å². The second-order valence-electron chi connectivity index (χ2n) is 6.05. The molecule has 0 saturated carbocycles. The maximum absolute atomic E-state index is 13.9. The van der Waals surface area contributed by atoms with Crippen molar-refractivity contribution in [2.24, 2.45) is 5.73 Å². The minimum Gasteiger partial charge on any atom is -0.326 e. The number of halogens is 1. The Morgan fingerprint density at radius 3 is 2.46 bits per heavy atom. The fraction of sp³-hybridized carbons (Fsp3) is 0.364. The molecular weight excluding hydrogens is 297 g/mol. The van der Waals surface area contributed by atoms with Crippen molar-refractivity contribution in [2.45, 2.75) is 52.0 Å². The van der Waals surface area contributed by atoms with E-state index >= 15 is 0 Å². The monoisotopic (exact) mass is 322 g/mol. The van der Waals surface area contributed by atoms with E-state index in [1.54, 1.807) is 6.07 Å². The minimum atomic E-state index is -0.379. The van der Waals surface area contributed by atoms with E-state index in [-0.39, 0.29) is 5.82 Å². The average Bonchev–Trinajstić information content (AvgIpc) is 2.62. The number of benzene rings is 2. The third kappa shape index (κ3) is 5.83. The second-order valence-corrected chi connectivity index (χ2v) is 6.05. The third-order valence-electron chi connectivity index (χ3n) is 4.05. The highest BCUT2D eigenvalue weighted by Gasteiger charge is 2.02. The predicted molar refractivity (Wildman–Crippen MR) is 98.0 cm³/mol. The fourth-order valence-corrected chi connectivity index (χ4v) is 2.56. The first kappa shape index (κ1) is 18.2. The first-order valence-corrected chi connectivity index (χ1v) is 8.74. The molecule has 0 heterocycles. The van der Waals surface area contributed by atoms with Gasteiger partial charge in [0.25, 0.3) is 0 Å². The molecule has 2 heteroatoms. The molecule has 0 bridgehead atoms. The molecule has 2 N–H and O–H groups in total. The van der Waals surface area contributed by atoms with E-state index in [1.807, 2.05) is 30.3 Å². The van der Waals surface area contributed by atoms with Crippen LogP contribution >= 0.6 is 0 Å². The van der Waals surface area contributed by atoms with Crippen LogP contribution in [0, 0.1) is 23.7 Å². The van der Waals surface area contributed by atoms with Crippen molar-refractivity contribution in [3.8, 4) is 11.8 Å². The van der Waals surface area contributed by atoms with Crippen molar-refractivity contribution in [3.05, 3.63) is 70.5 Å². The summed E-state index contributed by atoms with van der Waals surface area (Å²) in [5, 5.41) is 0. The van der Waals surface area contributed by atoms with Crippen molar-refractivity contribution in [3.63, 3.8) is 0 Å². The molecular formula is C22H25FN. The topological polar surface area (TPSA) is 26.0 Å². The molecule has 0 aromatic heterocycles. The molecule has 0 aliphatic rings. The van der Waals surface area contributed by atoms with Gasteiger partial charge in [0.15, 0.2) is 0 Å². The van der Waals surface area contributed by atoms with E-state index < -0.39 is 0 Å². The van der Waals surface area contributed by atoms with Crippen LogP contribution in [0.25, 0.3) is 0 Å². The van der Waals surface area contributed by atoms with Gasteiger partial charge in [-0.25, -0.2) is 4.39 Å². The van der Waals surface area contributed by atoms with Gasteiger partial charge in [-0.1, -0.05) is 56.6 Å². The molecule has 0 atom stereocenters. The van der Waals surface area contributed by atoms with Gasteiger partial charge in [0.05, 0.1) is 5.56 Å². The van der Waals surface area contributed by atoms with Gasteiger partial charge in [-0.2, -0.15) is 0 Å². The summed E-state index contributed by atoms with van der Waals surface area (Å²) >= 11 is 0. The van der Waals surface area contributed by atoms with E-state index in [0.29, 0.717) is 12.1 Å². The summed E-state index contributed by atoms with van der Waals surface area (Å²) in [5.41, 5.74) is 9.02. The predicted octanol–water partition coefficient (Wildman–Crippen LogP) is 5.00. The van der Waals surface area contributed by atoms with Gasteiger partial charge in [-0.05, 0) is 48.2 Å². The van der Waals surface area contributed by atoms with Gasteiger partial charge >= 0.3 is 0 Å². The molecule has 1 radical (unpaired) electrons. The van der Waals surface area contributed by atoms with Crippen LogP contribution in [0.2, 0.25) is 0 Å². The van der Waals surface area contributed by atoms with Crippen LogP contribution < -0.4 is 5.73 Å². The zero-order chi connectivity index (χ0) is 17.2. The second kappa shape index (κ2) is 9.90. The fourth-order valence-electron chi connectivity index (χ4n) is 2.56. The van der Waals surface area contributed by atoms with Crippen molar-refractivity contribution in [1.29, 1.82) is 0 Å². The Hall–Kier alpha value is -2.11. The Kier molecular flexibility index (Phi) is 7.52. The van der Waals surface area contributed by atoms with Crippen LogP contribution in [-0.4, -0.2) is 0 Å². The molecule has 2 aromatic carbocycles. The molecule has 125 valence electrons. The quantitative estimate of drug-likeness (QED) is 0.563. The van der Waals surface area contributed by atoms with E-state index in [1.165, 1.54) is 25.7 Å². The minimum absolute atomic E-state index is 0.379. The van der Waals surface area contributed by atoms with Crippen molar-refractivity contribution in [2.75, 3.05) is 0 Å². The summed E-state index contributed by atoms with van der Waals surface area (Å²) < 4.78 is 13.9. The summed E-state index contributed by atoms with van der Waals surface area (Å²) in [6.45, 7) is 2.72. The highest BCUT2D eigenvalue weighted by Crippen LogP contribution is 2.13. The summed E-state index contributed by atoms with van der Waals surface area (Å²) in [6.07, 6.45) is 7.12. The van der Waals surface area contributed by atoms with Crippen LogP contribution in [0.1, 0.15) is 61.3 Å². The molecule has 0 saturated heterocycles. The molecule has 0 fully saturated rings. The molecule has 0 spiro atoms. The lowest BCUT2D eigenvalue weighted by molar-refractivity contribution is 0.617. The molecule has 0 unspecified atom stereocenters. The summed E-state index contributed by atoms with van der Waals surface area (Å²) in [6, 6.07) is 14.0. The molecule has 24 heavy (non-hydrogen) atoms. The normalized spacial score (nSPS) is 10.3. The lowest BCUT2D eigenvalue weighted by atomic mass is 10.0. The van der Waals surface area contributed by atoms with Crippen LogP contribution in [0.15, 0.2) is 36.4 Å². The van der Waals surface area contributed by atoms with E-state index in [4.69, 9.17) is 5.73 Å². The Labute approximate surface area is 145 Å². The Bertz CT molecular complexity index is 692. The number of hydrogen-bond acceptors (Lipinski definition) is 1. The van der Waals surface area contributed by atoms with Crippen molar-refractivity contribution in [1.82, 2.24) is 0 Å². The van der Waals surface area contributed by atoms with Crippen molar-refractivity contribution < 1.29 is 4.39 Å². The SMILES string of the molecule is CCCCCCCc1c[c]c(F)c(C#Cc2ccc(CN)cc2)c1. The summed E-state index contributed by atoms with van der Waals surface area (Å²) in [7, 11) is 0. The number of nitrogens with two attached hydrogens (primary N) is 1. The lowest BCUT2D eigenvalue weighted by Gasteiger charge is -2.03. The van der Waals surface area contributed by atoms with Gasteiger partial charge in [0.1, 0.15) is 5.82 Å². The van der Waals surface area contributed by atoms with E-state index in [9.17, 15) is 4.39 Å². The zero-order valence-corrected chi connectivity index (χ0v) is 14.4. The van der Waals surface area contributed by atoms with Gasteiger partial charge in [-0.15, -0.1) is 0 Å². The highest BCUT2D eigenvalue weighted by atomic mass is 19.1. The number of hydrogen-bond donors (Lipinski definition) is 1. The average molecular weight is 322 g/mol. The van der Waals surface area contributed by atoms with Crippen LogP contribution in [0.5, 0.6) is 0 Å². The van der Waals surface area contributed by atoms with Crippen LogP contribution in [0.4, 0.5) is 4.39 Å². The molecule has 0 aliphatic carbocycles. The van der Waals surface area contributed by atoms with Crippen LogP contribution in [-0.2, 0) is 13.0 Å². The zero-order valence-electron chi connectivity index (χ0n) is 14.4. The molecule has 0 amide bonds.